The fourth-order valence-electron chi connectivity index (χ4n) is 5.01. The van der Waals surface area contributed by atoms with E-state index < -0.39 is 28.5 Å². The predicted octanol–water partition coefficient (Wildman–Crippen LogP) is 6.26. The number of aryl methyl sites for hydroxylation is 1. The van der Waals surface area contributed by atoms with Crippen LogP contribution in [0.15, 0.2) is 108 Å². The largest absolute Gasteiger partial charge is 0.495 e. The molecule has 0 aromatic heterocycles. The van der Waals surface area contributed by atoms with Crippen LogP contribution in [0.3, 0.4) is 0 Å². The summed E-state index contributed by atoms with van der Waals surface area (Å²) >= 11 is 6.44. The molecule has 1 unspecified atom stereocenters. The third-order valence-corrected chi connectivity index (χ3v) is 9.67. The van der Waals surface area contributed by atoms with Crippen LogP contribution in [0.4, 0.5) is 5.69 Å². The van der Waals surface area contributed by atoms with Crippen molar-refractivity contribution in [2.45, 2.75) is 44.7 Å². The van der Waals surface area contributed by atoms with E-state index in [1.54, 1.807) is 30.3 Å². The number of hydrogen-bond acceptors (Lipinski definition) is 5. The summed E-state index contributed by atoms with van der Waals surface area (Å²) in [6.07, 6.45) is 0.238. The molecule has 1 atom stereocenters. The highest BCUT2D eigenvalue weighted by Gasteiger charge is 2.35. The standard InChI is InChI=1S/C36H40ClN3O5S/c1-26(2)23-38-36(42)33(21-28-14-7-5-8-15-28)39(24-29-16-12-11-13-27(29)3)35(41)25-40(30-19-20-34(45-4)32(37)22-30)46(43,44)31-17-9-6-10-18-31/h5-20,22,26,33H,21,23-25H2,1-4H3,(H,38,42). The van der Waals surface area contributed by atoms with Gasteiger partial charge in [-0.05, 0) is 59.9 Å². The predicted molar refractivity (Wildman–Crippen MR) is 182 cm³/mol. The van der Waals surface area contributed by atoms with Gasteiger partial charge in [0.1, 0.15) is 18.3 Å². The van der Waals surface area contributed by atoms with E-state index in [4.69, 9.17) is 16.3 Å². The third kappa shape index (κ3) is 8.68. The van der Waals surface area contributed by atoms with Crippen LogP contribution in [-0.4, -0.2) is 51.4 Å². The van der Waals surface area contributed by atoms with E-state index in [9.17, 15) is 18.0 Å². The van der Waals surface area contributed by atoms with E-state index in [2.05, 4.69) is 5.32 Å². The average Bonchev–Trinajstić information content (AvgIpc) is 3.05. The van der Waals surface area contributed by atoms with Gasteiger partial charge in [0.05, 0.1) is 22.7 Å². The Labute approximate surface area is 277 Å². The second kappa shape index (κ2) is 15.8. The summed E-state index contributed by atoms with van der Waals surface area (Å²) in [5.74, 6) is -0.312. The summed E-state index contributed by atoms with van der Waals surface area (Å²) in [4.78, 5) is 30.0. The van der Waals surface area contributed by atoms with Crippen LogP contribution in [0.1, 0.15) is 30.5 Å². The first-order valence-electron chi connectivity index (χ1n) is 15.1. The Morgan fingerprint density at radius 1 is 0.891 bits per heavy atom. The molecular weight excluding hydrogens is 622 g/mol. The minimum absolute atomic E-state index is 0.00991. The maximum atomic E-state index is 14.6. The maximum absolute atomic E-state index is 14.6. The number of benzene rings is 4. The minimum atomic E-state index is -4.24. The first kappa shape index (κ1) is 34.5. The molecule has 1 N–H and O–H groups in total. The summed E-state index contributed by atoms with van der Waals surface area (Å²) < 4.78 is 34.6. The van der Waals surface area contributed by atoms with Crippen LogP contribution in [0.25, 0.3) is 0 Å². The van der Waals surface area contributed by atoms with Crippen molar-refractivity contribution >= 4 is 39.1 Å². The van der Waals surface area contributed by atoms with Crippen molar-refractivity contribution in [3.05, 3.63) is 125 Å². The van der Waals surface area contributed by atoms with Crippen LogP contribution < -0.4 is 14.4 Å². The second-order valence-corrected chi connectivity index (χ2v) is 13.7. The van der Waals surface area contributed by atoms with Gasteiger partial charge < -0.3 is 15.0 Å². The highest BCUT2D eigenvalue weighted by atomic mass is 35.5. The zero-order chi connectivity index (χ0) is 33.3. The van der Waals surface area contributed by atoms with Gasteiger partial charge in [0, 0.05) is 19.5 Å². The summed E-state index contributed by atoms with van der Waals surface area (Å²) in [5.41, 5.74) is 2.83. The number of amides is 2. The van der Waals surface area contributed by atoms with Gasteiger partial charge in [-0.3, -0.25) is 13.9 Å². The lowest BCUT2D eigenvalue weighted by molar-refractivity contribution is -0.140. The lowest BCUT2D eigenvalue weighted by atomic mass is 10.0. The topological polar surface area (TPSA) is 96.0 Å². The van der Waals surface area contributed by atoms with Gasteiger partial charge in [-0.2, -0.15) is 0 Å². The summed E-state index contributed by atoms with van der Waals surface area (Å²) in [6.45, 7) is 5.88. The lowest BCUT2D eigenvalue weighted by Crippen LogP contribution is -2.53. The van der Waals surface area contributed by atoms with Crippen LogP contribution in [0.2, 0.25) is 5.02 Å². The van der Waals surface area contributed by atoms with Gasteiger partial charge >= 0.3 is 0 Å². The monoisotopic (exact) mass is 661 g/mol. The minimum Gasteiger partial charge on any atom is -0.495 e. The molecule has 0 saturated heterocycles. The Bertz CT molecular complexity index is 1730. The fourth-order valence-corrected chi connectivity index (χ4v) is 6.69. The zero-order valence-electron chi connectivity index (χ0n) is 26.5. The Morgan fingerprint density at radius 3 is 2.13 bits per heavy atom. The van der Waals surface area contributed by atoms with Crippen molar-refractivity contribution < 1.29 is 22.7 Å². The van der Waals surface area contributed by atoms with Crippen LogP contribution >= 0.6 is 11.6 Å². The highest BCUT2D eigenvalue weighted by molar-refractivity contribution is 7.92. The molecule has 0 aliphatic rings. The molecule has 4 rings (SSSR count). The maximum Gasteiger partial charge on any atom is 0.264 e. The molecule has 0 radical (unpaired) electrons. The Morgan fingerprint density at radius 2 is 1.52 bits per heavy atom. The Kier molecular flexibility index (Phi) is 11.8. The summed E-state index contributed by atoms with van der Waals surface area (Å²) in [6, 6.07) is 28.6. The zero-order valence-corrected chi connectivity index (χ0v) is 28.1. The van der Waals surface area contributed by atoms with E-state index in [1.807, 2.05) is 75.4 Å². The number of nitrogens with zero attached hydrogens (tertiary/aromatic N) is 2. The molecule has 0 fully saturated rings. The molecule has 46 heavy (non-hydrogen) atoms. The summed E-state index contributed by atoms with van der Waals surface area (Å²) in [7, 11) is -2.78. The molecule has 0 aliphatic carbocycles. The third-order valence-electron chi connectivity index (χ3n) is 7.59. The number of ether oxygens (including phenoxy) is 1. The number of rotatable bonds is 14. The van der Waals surface area contributed by atoms with Crippen molar-refractivity contribution in [2.24, 2.45) is 5.92 Å². The SMILES string of the molecule is COc1ccc(N(CC(=O)N(Cc2ccccc2C)C(Cc2ccccc2)C(=O)NCC(C)C)S(=O)(=O)c2ccccc2)cc1Cl. The van der Waals surface area contributed by atoms with Crippen LogP contribution in [0, 0.1) is 12.8 Å². The quantitative estimate of drug-likeness (QED) is 0.172. The highest BCUT2D eigenvalue weighted by Crippen LogP contribution is 2.32. The molecule has 0 aliphatic heterocycles. The molecule has 4 aromatic rings. The number of anilines is 1. The smallest absolute Gasteiger partial charge is 0.264 e. The Hall–Kier alpha value is -4.34. The number of methoxy groups -OCH3 is 1. The fraction of sp³-hybridized carbons (Fsp3) is 0.278. The van der Waals surface area contributed by atoms with Gasteiger partial charge in [0.15, 0.2) is 0 Å². The number of halogens is 1. The molecular formula is C36H40ClN3O5S. The molecule has 0 bridgehead atoms. The first-order valence-corrected chi connectivity index (χ1v) is 16.9. The van der Waals surface area contributed by atoms with Crippen molar-refractivity contribution in [3.8, 4) is 5.75 Å². The first-order chi connectivity index (χ1) is 22.0. The Balaban J connectivity index is 1.82. The number of carbonyl (C=O) groups excluding carboxylic acids is 2. The molecule has 0 spiro atoms. The number of carbonyl (C=O) groups is 2. The van der Waals surface area contributed by atoms with Gasteiger partial charge in [0.2, 0.25) is 11.8 Å². The molecule has 2 amide bonds. The second-order valence-electron chi connectivity index (χ2n) is 11.4. The van der Waals surface area contributed by atoms with Gasteiger partial charge in [-0.15, -0.1) is 0 Å². The molecule has 242 valence electrons. The number of nitrogens with one attached hydrogen (secondary N) is 1. The van der Waals surface area contributed by atoms with E-state index in [1.165, 1.54) is 30.2 Å². The van der Waals surface area contributed by atoms with Crippen LogP contribution in [-0.2, 0) is 32.6 Å². The van der Waals surface area contributed by atoms with Crippen molar-refractivity contribution in [3.63, 3.8) is 0 Å². The van der Waals surface area contributed by atoms with Crippen molar-refractivity contribution in [2.75, 3.05) is 24.5 Å². The van der Waals surface area contributed by atoms with Crippen LogP contribution in [0.5, 0.6) is 5.75 Å². The van der Waals surface area contributed by atoms with E-state index in [-0.39, 0.29) is 40.4 Å². The molecule has 0 saturated carbocycles. The molecule has 0 heterocycles. The summed E-state index contributed by atoms with van der Waals surface area (Å²) in [5, 5.41) is 3.19. The van der Waals surface area contributed by atoms with Gasteiger partial charge in [0.25, 0.3) is 10.0 Å². The van der Waals surface area contributed by atoms with Crippen molar-refractivity contribution in [1.82, 2.24) is 10.2 Å². The van der Waals surface area contributed by atoms with E-state index in [0.29, 0.717) is 12.3 Å². The van der Waals surface area contributed by atoms with Crippen molar-refractivity contribution in [1.29, 1.82) is 0 Å². The molecule has 4 aromatic carbocycles. The molecule has 10 heteroatoms. The number of hydrogen-bond donors (Lipinski definition) is 1. The van der Waals surface area contributed by atoms with Gasteiger partial charge in [-0.25, -0.2) is 8.42 Å². The normalized spacial score (nSPS) is 12.0. The lowest BCUT2D eigenvalue weighted by Gasteiger charge is -2.34. The van der Waals surface area contributed by atoms with Gasteiger partial charge in [-0.1, -0.05) is 98.2 Å². The van der Waals surface area contributed by atoms with E-state index >= 15 is 0 Å². The number of sulfonamides is 1. The van der Waals surface area contributed by atoms with E-state index in [0.717, 1.165) is 21.0 Å². The molecule has 8 nitrogen and oxygen atoms in total. The average molecular weight is 662 g/mol.